The topological polar surface area (TPSA) is 160 Å². The normalized spacial score (nSPS) is 17.0. The minimum atomic E-state index is -1.07. The maximum absolute atomic E-state index is 13.8. The SMILES string of the molecule is CCOC(=O)N1CCN(C(=O)[C@H](Cc2ccc(C(=O)O)cc2)NC(=O)c2cc(OC3CCOC3)nc(-c3ccccc3)n2)CC1. The van der Waals surface area contributed by atoms with Crippen molar-refractivity contribution in [2.45, 2.75) is 31.9 Å². The molecule has 1 unspecified atom stereocenters. The molecule has 236 valence electrons. The number of carboxylic acid groups (broad SMARTS) is 1. The average Bonchev–Trinajstić information content (AvgIpc) is 3.58. The molecule has 1 aromatic heterocycles. The lowest BCUT2D eigenvalue weighted by atomic mass is 10.0. The van der Waals surface area contributed by atoms with E-state index >= 15 is 0 Å². The summed E-state index contributed by atoms with van der Waals surface area (Å²) in [6.07, 6.45) is 0.137. The number of rotatable bonds is 10. The number of benzene rings is 2. The predicted octanol–water partition coefficient (Wildman–Crippen LogP) is 2.65. The van der Waals surface area contributed by atoms with Crippen molar-refractivity contribution in [2.75, 3.05) is 46.0 Å². The van der Waals surface area contributed by atoms with Gasteiger partial charge < -0.3 is 34.4 Å². The molecule has 45 heavy (non-hydrogen) atoms. The van der Waals surface area contributed by atoms with Gasteiger partial charge in [0.25, 0.3) is 5.91 Å². The number of aromatic carboxylic acids is 1. The van der Waals surface area contributed by atoms with Crippen molar-refractivity contribution < 1.29 is 38.5 Å². The Labute approximate surface area is 260 Å². The number of aromatic nitrogens is 2. The van der Waals surface area contributed by atoms with Crippen molar-refractivity contribution >= 4 is 23.9 Å². The van der Waals surface area contributed by atoms with Crippen molar-refractivity contribution in [3.8, 4) is 17.3 Å². The number of amides is 3. The van der Waals surface area contributed by atoms with Crippen LogP contribution in [-0.4, -0.2) is 107 Å². The minimum Gasteiger partial charge on any atom is -0.478 e. The molecule has 2 fully saturated rings. The summed E-state index contributed by atoms with van der Waals surface area (Å²) in [5.41, 5.74) is 1.46. The third kappa shape index (κ3) is 8.12. The van der Waals surface area contributed by atoms with E-state index in [4.69, 9.17) is 14.2 Å². The number of nitrogens with one attached hydrogen (secondary N) is 1. The van der Waals surface area contributed by atoms with Crippen LogP contribution in [0.4, 0.5) is 4.79 Å². The van der Waals surface area contributed by atoms with Gasteiger partial charge >= 0.3 is 12.1 Å². The Morgan fingerprint density at radius 3 is 2.36 bits per heavy atom. The highest BCUT2D eigenvalue weighted by Gasteiger charge is 2.31. The Bertz CT molecular complexity index is 1500. The number of nitrogens with zero attached hydrogens (tertiary/aromatic N) is 4. The number of piperazine rings is 1. The van der Waals surface area contributed by atoms with E-state index in [1.807, 2.05) is 30.3 Å². The van der Waals surface area contributed by atoms with E-state index in [1.165, 1.54) is 23.1 Å². The Hall–Kier alpha value is -5.04. The molecule has 3 heterocycles. The summed E-state index contributed by atoms with van der Waals surface area (Å²) in [6.45, 7) is 4.06. The van der Waals surface area contributed by atoms with E-state index in [-0.39, 0.29) is 68.4 Å². The highest BCUT2D eigenvalue weighted by molar-refractivity contribution is 5.97. The van der Waals surface area contributed by atoms with Crippen LogP contribution in [0, 0.1) is 0 Å². The van der Waals surface area contributed by atoms with Gasteiger partial charge in [-0.3, -0.25) is 9.59 Å². The second-order valence-electron chi connectivity index (χ2n) is 10.6. The molecule has 13 heteroatoms. The maximum atomic E-state index is 13.8. The molecule has 2 aliphatic heterocycles. The van der Waals surface area contributed by atoms with Gasteiger partial charge in [0, 0.05) is 50.7 Å². The van der Waals surface area contributed by atoms with Gasteiger partial charge in [0.2, 0.25) is 11.8 Å². The lowest BCUT2D eigenvalue weighted by molar-refractivity contribution is -0.134. The second kappa shape index (κ2) is 14.6. The van der Waals surface area contributed by atoms with E-state index < -0.39 is 24.0 Å². The summed E-state index contributed by atoms with van der Waals surface area (Å²) in [6, 6.07) is 15.7. The summed E-state index contributed by atoms with van der Waals surface area (Å²) in [5, 5.41) is 12.1. The third-order valence-corrected chi connectivity index (χ3v) is 7.50. The van der Waals surface area contributed by atoms with Crippen molar-refractivity contribution in [1.29, 1.82) is 0 Å². The molecular formula is C32H35N5O8. The number of carbonyl (C=O) groups is 4. The second-order valence-corrected chi connectivity index (χ2v) is 10.6. The number of ether oxygens (including phenoxy) is 3. The van der Waals surface area contributed by atoms with Crippen LogP contribution in [0.1, 0.15) is 39.8 Å². The first-order valence-electron chi connectivity index (χ1n) is 14.8. The highest BCUT2D eigenvalue weighted by Crippen LogP contribution is 2.22. The quantitative estimate of drug-likeness (QED) is 0.346. The molecule has 0 spiro atoms. The summed E-state index contributed by atoms with van der Waals surface area (Å²) in [7, 11) is 0. The third-order valence-electron chi connectivity index (χ3n) is 7.50. The Balaban J connectivity index is 1.39. The summed E-state index contributed by atoms with van der Waals surface area (Å²) in [4.78, 5) is 63.3. The van der Waals surface area contributed by atoms with Gasteiger partial charge in [0.05, 0.1) is 25.4 Å². The Morgan fingerprint density at radius 2 is 1.71 bits per heavy atom. The Morgan fingerprint density at radius 1 is 1.00 bits per heavy atom. The fourth-order valence-corrected chi connectivity index (χ4v) is 5.09. The van der Waals surface area contributed by atoms with Crippen LogP contribution in [0.3, 0.4) is 0 Å². The van der Waals surface area contributed by atoms with Crippen LogP contribution < -0.4 is 10.1 Å². The molecule has 0 bridgehead atoms. The molecule has 2 saturated heterocycles. The first-order valence-corrected chi connectivity index (χ1v) is 14.8. The zero-order chi connectivity index (χ0) is 31.8. The van der Waals surface area contributed by atoms with E-state index in [1.54, 1.807) is 24.0 Å². The van der Waals surface area contributed by atoms with Gasteiger partial charge in [0.15, 0.2) is 5.82 Å². The fourth-order valence-electron chi connectivity index (χ4n) is 5.09. The Kier molecular flexibility index (Phi) is 10.2. The number of hydrogen-bond acceptors (Lipinski definition) is 9. The van der Waals surface area contributed by atoms with E-state index in [9.17, 15) is 24.3 Å². The number of carboxylic acids is 1. The molecule has 2 aromatic carbocycles. The van der Waals surface area contributed by atoms with Crippen LogP contribution in [0.15, 0.2) is 60.7 Å². The standard InChI is InChI=1S/C32H35N5O8/c1-2-44-32(42)37-15-13-36(14-16-37)30(39)26(18-21-8-10-23(11-9-21)31(40)41)34-29(38)25-19-27(45-24-12-17-43-20-24)35-28(33-25)22-6-4-3-5-7-22/h3-11,19,24,26H,2,12-18,20H2,1H3,(H,34,38)(H,40,41)/t24?,26-/m0/s1. The maximum Gasteiger partial charge on any atom is 0.409 e. The van der Waals surface area contributed by atoms with E-state index in [0.717, 1.165) is 0 Å². The highest BCUT2D eigenvalue weighted by atomic mass is 16.6. The molecule has 0 radical (unpaired) electrons. The van der Waals surface area contributed by atoms with E-state index in [0.29, 0.717) is 36.6 Å². The molecule has 0 aliphatic carbocycles. The van der Waals surface area contributed by atoms with Gasteiger partial charge in [0.1, 0.15) is 17.8 Å². The van der Waals surface area contributed by atoms with Gasteiger partial charge in [-0.25, -0.2) is 14.6 Å². The lowest BCUT2D eigenvalue weighted by Gasteiger charge is -2.36. The van der Waals surface area contributed by atoms with E-state index in [2.05, 4.69) is 15.3 Å². The average molecular weight is 618 g/mol. The zero-order valence-corrected chi connectivity index (χ0v) is 24.9. The van der Waals surface area contributed by atoms with Gasteiger partial charge in [-0.2, -0.15) is 4.98 Å². The first kappa shape index (κ1) is 31.4. The fraction of sp³-hybridized carbons (Fsp3) is 0.375. The predicted molar refractivity (Wildman–Crippen MR) is 161 cm³/mol. The molecule has 2 atom stereocenters. The van der Waals surface area contributed by atoms with Crippen molar-refractivity contribution in [3.05, 3.63) is 77.5 Å². The van der Waals surface area contributed by atoms with Crippen molar-refractivity contribution in [2.24, 2.45) is 0 Å². The van der Waals surface area contributed by atoms with Gasteiger partial charge in [-0.1, -0.05) is 42.5 Å². The van der Waals surface area contributed by atoms with Gasteiger partial charge in [-0.05, 0) is 24.6 Å². The summed E-state index contributed by atoms with van der Waals surface area (Å²) >= 11 is 0. The minimum absolute atomic E-state index is 0.0175. The molecule has 0 saturated carbocycles. The molecule has 5 rings (SSSR count). The molecule has 3 amide bonds. The van der Waals surface area contributed by atoms with Crippen LogP contribution in [-0.2, 0) is 20.7 Å². The van der Waals surface area contributed by atoms with Crippen LogP contribution in [0.2, 0.25) is 0 Å². The van der Waals surface area contributed by atoms with Crippen LogP contribution in [0.25, 0.3) is 11.4 Å². The van der Waals surface area contributed by atoms with Crippen molar-refractivity contribution in [1.82, 2.24) is 25.1 Å². The van der Waals surface area contributed by atoms with Crippen LogP contribution >= 0.6 is 0 Å². The summed E-state index contributed by atoms with van der Waals surface area (Å²) in [5.74, 6) is -1.51. The smallest absolute Gasteiger partial charge is 0.409 e. The summed E-state index contributed by atoms with van der Waals surface area (Å²) < 4.78 is 16.5. The molecular weight excluding hydrogens is 582 g/mol. The number of carbonyl (C=O) groups excluding carboxylic acids is 3. The molecule has 3 aromatic rings. The van der Waals surface area contributed by atoms with Crippen molar-refractivity contribution in [3.63, 3.8) is 0 Å². The van der Waals surface area contributed by atoms with Crippen LogP contribution in [0.5, 0.6) is 5.88 Å². The lowest BCUT2D eigenvalue weighted by Crippen LogP contribution is -2.56. The first-order chi connectivity index (χ1) is 21.8. The zero-order valence-electron chi connectivity index (χ0n) is 24.9. The van der Waals surface area contributed by atoms with Gasteiger partial charge in [-0.15, -0.1) is 0 Å². The molecule has 2 N–H and O–H groups in total. The molecule has 13 nitrogen and oxygen atoms in total. The monoisotopic (exact) mass is 617 g/mol. The molecule has 2 aliphatic rings. The largest absolute Gasteiger partial charge is 0.478 e. The number of hydrogen-bond donors (Lipinski definition) is 2.